The molecule has 1 unspecified atom stereocenters. The van der Waals surface area contributed by atoms with Crippen molar-refractivity contribution in [1.29, 1.82) is 0 Å². The monoisotopic (exact) mass is 1340 g/mol. The number of methoxy groups -OCH3 is 2. The van der Waals surface area contributed by atoms with Gasteiger partial charge >= 0.3 is 11.9 Å². The van der Waals surface area contributed by atoms with Gasteiger partial charge in [-0.1, -0.05) is 79.6 Å². The third-order valence-electron chi connectivity index (χ3n) is 14.5. The topological polar surface area (TPSA) is 328 Å². The van der Waals surface area contributed by atoms with Crippen molar-refractivity contribution in [3.05, 3.63) is 108 Å². The Balaban J connectivity index is 0.959. The first kappa shape index (κ1) is 73.4. The number of benzene rings is 2. The van der Waals surface area contributed by atoms with E-state index in [0.29, 0.717) is 54.4 Å². The van der Waals surface area contributed by atoms with Crippen LogP contribution in [0.5, 0.6) is 11.5 Å². The molecule has 2 aromatic heterocycles. The predicted molar refractivity (Wildman–Crippen MR) is 346 cm³/mol. The lowest BCUT2D eigenvalue weighted by atomic mass is 9.87. The molecule has 91 heavy (non-hydrogen) atoms. The Morgan fingerprint density at radius 2 is 1.11 bits per heavy atom. The molecule has 0 radical (unpaired) electrons. The van der Waals surface area contributed by atoms with Crippen molar-refractivity contribution < 1.29 is 72.3 Å². The summed E-state index contributed by atoms with van der Waals surface area (Å²) in [6.45, 7) is 9.09. The van der Waals surface area contributed by atoms with Crippen LogP contribution in [0.15, 0.2) is 101 Å². The van der Waals surface area contributed by atoms with E-state index in [0.717, 1.165) is 16.3 Å². The highest BCUT2D eigenvalue weighted by molar-refractivity contribution is 8.77. The standard InChI is InChI=1S/C62H84N10O15S4/c1-39(2)54(57(77)65-48(36-41-12-9-14-44(73)34-41)59(79)71-24-11-16-47(69-71)61(81)83-5)68-51(76)21-27-86-30-32-89-91-53-38-43(18-23-64-53)46-19-25-72(70-56(46)62(82)84-6)60(80)49(37-42-13-10-15-45(74)35-42)66-58(78)55(40(3)4)67-50(75)20-26-85-28-29-87-31-33-88-90-52-17-7-8-22-63-52/h7-10,12-15,17-18,22-23,34-35,38-40,46-49,54-56,69-70,73-74H,11,16,19-21,24-33,36-37H2,1-6H3,(H,65,77)(H,66,78)(H,67,75)(H,68,76)/t46?,47-,48-,49-,54-,55-,56-/m0/s1. The Bertz CT molecular complexity index is 3010. The van der Waals surface area contributed by atoms with Gasteiger partial charge in [0.15, 0.2) is 0 Å². The van der Waals surface area contributed by atoms with Crippen LogP contribution < -0.4 is 32.1 Å². The van der Waals surface area contributed by atoms with Gasteiger partial charge in [-0.15, -0.1) is 0 Å². The maximum atomic E-state index is 14.6. The maximum absolute atomic E-state index is 14.6. The predicted octanol–water partition coefficient (Wildman–Crippen LogP) is 4.67. The second kappa shape index (κ2) is 39.0. The number of hydrazine groups is 2. The molecule has 0 bridgehead atoms. The molecular weight excluding hydrogens is 1250 g/mol. The number of carbonyl (C=O) groups is 8. The summed E-state index contributed by atoms with van der Waals surface area (Å²) in [7, 11) is 8.57. The van der Waals surface area contributed by atoms with E-state index in [1.165, 1.54) is 70.1 Å². The fraction of sp³-hybridized carbons (Fsp3) is 0.516. The van der Waals surface area contributed by atoms with Crippen molar-refractivity contribution in [3.8, 4) is 11.5 Å². The first-order valence-electron chi connectivity index (χ1n) is 30.1. The lowest BCUT2D eigenvalue weighted by Gasteiger charge is -2.39. The molecule has 2 saturated heterocycles. The van der Waals surface area contributed by atoms with E-state index in [4.69, 9.17) is 23.7 Å². The minimum atomic E-state index is -1.19. The van der Waals surface area contributed by atoms with Crippen molar-refractivity contribution in [2.24, 2.45) is 11.8 Å². The molecule has 6 amide bonds. The van der Waals surface area contributed by atoms with Gasteiger partial charge in [-0.3, -0.25) is 48.4 Å². The van der Waals surface area contributed by atoms with Crippen LogP contribution in [0.3, 0.4) is 0 Å². The van der Waals surface area contributed by atoms with Crippen molar-refractivity contribution in [2.75, 3.05) is 78.5 Å². The van der Waals surface area contributed by atoms with E-state index >= 15 is 0 Å². The van der Waals surface area contributed by atoms with Gasteiger partial charge in [-0.25, -0.2) is 20.8 Å². The number of hydrogen-bond donors (Lipinski definition) is 8. The van der Waals surface area contributed by atoms with Crippen molar-refractivity contribution in [3.63, 3.8) is 0 Å². The molecular formula is C62H84N10O15S4. The van der Waals surface area contributed by atoms with E-state index in [1.54, 1.807) is 92.0 Å². The van der Waals surface area contributed by atoms with Crippen LogP contribution in [-0.4, -0.2) is 192 Å². The molecule has 8 N–H and O–H groups in total. The number of phenols is 2. The van der Waals surface area contributed by atoms with E-state index in [-0.39, 0.29) is 88.5 Å². The van der Waals surface area contributed by atoms with Crippen LogP contribution in [0, 0.1) is 11.8 Å². The van der Waals surface area contributed by atoms with Gasteiger partial charge in [-0.05, 0) is 118 Å². The molecule has 4 aromatic rings. The highest BCUT2D eigenvalue weighted by Gasteiger charge is 2.41. The lowest BCUT2D eigenvalue weighted by Crippen LogP contribution is -2.63. The van der Waals surface area contributed by atoms with Crippen LogP contribution in [-0.2, 0) is 74.9 Å². The van der Waals surface area contributed by atoms with Gasteiger partial charge in [0.2, 0.25) is 23.6 Å². The van der Waals surface area contributed by atoms with Gasteiger partial charge < -0.3 is 55.2 Å². The number of aromatic hydroxyl groups is 2. The molecule has 0 spiro atoms. The minimum Gasteiger partial charge on any atom is -0.508 e. The highest BCUT2D eigenvalue weighted by atomic mass is 33.1. The molecule has 25 nitrogen and oxygen atoms in total. The second-order valence-electron chi connectivity index (χ2n) is 22.0. The van der Waals surface area contributed by atoms with E-state index in [9.17, 15) is 48.6 Å². The van der Waals surface area contributed by atoms with Crippen molar-refractivity contribution in [2.45, 2.75) is 125 Å². The normalized spacial score (nSPS) is 17.1. The summed E-state index contributed by atoms with van der Waals surface area (Å²) < 4.78 is 27.2. The number of nitrogens with one attached hydrogen (secondary N) is 6. The quantitative estimate of drug-likeness (QED) is 0.0174. The van der Waals surface area contributed by atoms with E-state index in [1.807, 2.05) is 24.3 Å². The smallest absolute Gasteiger partial charge is 0.325 e. The summed E-state index contributed by atoms with van der Waals surface area (Å²) in [5, 5.41) is 35.9. The zero-order valence-electron chi connectivity index (χ0n) is 52.0. The number of esters is 2. The van der Waals surface area contributed by atoms with Crippen LogP contribution >= 0.6 is 43.2 Å². The molecule has 2 aliphatic heterocycles. The lowest BCUT2D eigenvalue weighted by molar-refractivity contribution is -0.152. The van der Waals surface area contributed by atoms with Crippen molar-refractivity contribution in [1.82, 2.24) is 52.1 Å². The van der Waals surface area contributed by atoms with Crippen LogP contribution in [0.2, 0.25) is 0 Å². The van der Waals surface area contributed by atoms with Crippen LogP contribution in [0.4, 0.5) is 0 Å². The molecule has 496 valence electrons. The number of pyridine rings is 2. The molecule has 7 atom stereocenters. The van der Waals surface area contributed by atoms with Gasteiger partial charge in [0.1, 0.15) is 57.8 Å². The Morgan fingerprint density at radius 1 is 0.582 bits per heavy atom. The Labute approximate surface area is 546 Å². The fourth-order valence-corrected chi connectivity index (χ4v) is 13.3. The zero-order valence-corrected chi connectivity index (χ0v) is 55.3. The molecule has 4 heterocycles. The largest absolute Gasteiger partial charge is 0.508 e. The van der Waals surface area contributed by atoms with Gasteiger partial charge in [0, 0.05) is 68.6 Å². The second-order valence-corrected chi connectivity index (χ2v) is 26.9. The Hall–Kier alpha value is -6.70. The minimum absolute atomic E-state index is 0.0131. The molecule has 0 aliphatic carbocycles. The summed E-state index contributed by atoms with van der Waals surface area (Å²) in [6, 6.07) is 15.9. The number of rotatable bonds is 36. The number of carbonyl (C=O) groups excluding carboxylic acids is 8. The van der Waals surface area contributed by atoms with Crippen molar-refractivity contribution >= 4 is 90.6 Å². The van der Waals surface area contributed by atoms with Gasteiger partial charge in [0.05, 0.1) is 53.9 Å². The first-order chi connectivity index (χ1) is 43.8. The molecule has 2 aromatic carbocycles. The number of phenolic OH excluding ortho intramolecular Hbond substituents is 2. The zero-order chi connectivity index (χ0) is 65.7. The number of hydrogen-bond acceptors (Lipinski definition) is 23. The summed E-state index contributed by atoms with van der Waals surface area (Å²) in [4.78, 5) is 117. The first-order valence-corrected chi connectivity index (χ1v) is 34.7. The SMILES string of the molecule is COC(=O)[C@@H]1CCCN(C(=O)[C@H](Cc2cccc(O)c2)NC(=O)[C@@H](NC(=O)CCOCCSSc2cc(C3CCN(C(=O)[C@H](Cc4cccc(O)c4)NC(=O)[C@@H](NC(=O)CCOCCOCCSSc4ccccn4)C(C)C)N[C@@H]3C(=O)OC)ccn2)C(C)C)N1. The Kier molecular flexibility index (Phi) is 31.4. The van der Waals surface area contributed by atoms with Crippen LogP contribution in [0.25, 0.3) is 0 Å². The molecule has 29 heteroatoms. The fourth-order valence-electron chi connectivity index (χ4n) is 9.83. The van der Waals surface area contributed by atoms with Gasteiger partial charge in [-0.2, -0.15) is 0 Å². The molecule has 6 rings (SSSR count). The average Bonchev–Trinajstić information content (AvgIpc) is 1.05. The highest BCUT2D eigenvalue weighted by Crippen LogP contribution is 2.35. The summed E-state index contributed by atoms with van der Waals surface area (Å²) >= 11 is 0. The number of amides is 6. The molecule has 2 fully saturated rings. The Morgan fingerprint density at radius 3 is 1.64 bits per heavy atom. The third kappa shape index (κ3) is 24.7. The summed E-state index contributed by atoms with van der Waals surface area (Å²) in [5.74, 6) is -4.23. The summed E-state index contributed by atoms with van der Waals surface area (Å²) in [5.41, 5.74) is 7.88. The summed E-state index contributed by atoms with van der Waals surface area (Å²) in [6.07, 6.45) is 4.60. The average molecular weight is 1340 g/mol. The number of nitrogens with zero attached hydrogens (tertiary/aromatic N) is 4. The maximum Gasteiger partial charge on any atom is 0.325 e. The number of ether oxygens (including phenoxy) is 5. The molecule has 0 saturated carbocycles. The van der Waals surface area contributed by atoms with E-state index in [2.05, 4.69) is 42.1 Å². The van der Waals surface area contributed by atoms with Gasteiger partial charge in [0.25, 0.3) is 11.8 Å². The van der Waals surface area contributed by atoms with Crippen LogP contribution in [0.1, 0.15) is 82.4 Å². The van der Waals surface area contributed by atoms with E-state index < -0.39 is 89.6 Å². The number of aromatic nitrogens is 2. The third-order valence-corrected chi connectivity index (χ3v) is 19.0. The molecule has 2 aliphatic rings.